The first-order chi connectivity index (χ1) is 10.9. The van der Waals surface area contributed by atoms with Gasteiger partial charge < -0.3 is 4.74 Å². The van der Waals surface area contributed by atoms with Crippen molar-refractivity contribution in [3.63, 3.8) is 0 Å². The second-order valence-electron chi connectivity index (χ2n) is 5.37. The largest absolute Gasteiger partial charge is 0.445 e. The highest BCUT2D eigenvalue weighted by molar-refractivity contribution is 7.85. The third-order valence-electron chi connectivity index (χ3n) is 3.38. The van der Waals surface area contributed by atoms with E-state index in [1.54, 1.807) is 24.3 Å². The minimum Gasteiger partial charge on any atom is -0.445 e. The van der Waals surface area contributed by atoms with Crippen molar-refractivity contribution in [1.29, 1.82) is 0 Å². The molecule has 0 fully saturated rings. The van der Waals surface area contributed by atoms with E-state index in [4.69, 9.17) is 4.55 Å². The van der Waals surface area contributed by atoms with Crippen LogP contribution < -0.4 is 0 Å². The Labute approximate surface area is 135 Å². The zero-order chi connectivity index (χ0) is 18.2. The van der Waals surface area contributed by atoms with Crippen LogP contribution in [0.2, 0.25) is 0 Å². The molecule has 0 spiro atoms. The van der Waals surface area contributed by atoms with E-state index in [1.807, 2.05) is 0 Å². The van der Waals surface area contributed by atoms with Crippen LogP contribution in [-0.2, 0) is 14.9 Å². The number of carbonyl (C=O) groups is 1. The maximum atomic E-state index is 13.2. The molecule has 0 heterocycles. The molecule has 2 aromatic rings. The molecule has 0 bridgehead atoms. The fraction of sp³-hybridized carbons (Fsp3) is 0.267. The molecule has 0 amide bonds. The van der Waals surface area contributed by atoms with E-state index >= 15 is 0 Å². The SMILES string of the molecule is CC(CS(=O)(=O)O)(OC(=O)c1cccc2ccccc12)C(F)(F)F. The van der Waals surface area contributed by atoms with Crippen LogP contribution in [0.15, 0.2) is 42.5 Å². The number of alkyl halides is 3. The lowest BCUT2D eigenvalue weighted by Gasteiger charge is -2.30. The Morgan fingerprint density at radius 2 is 1.71 bits per heavy atom. The summed E-state index contributed by atoms with van der Waals surface area (Å²) in [4.78, 5) is 12.2. The normalized spacial score (nSPS) is 15.0. The van der Waals surface area contributed by atoms with Crippen molar-refractivity contribution < 1.29 is 35.7 Å². The van der Waals surface area contributed by atoms with E-state index in [0.29, 0.717) is 17.7 Å². The van der Waals surface area contributed by atoms with E-state index in [9.17, 15) is 26.4 Å². The van der Waals surface area contributed by atoms with Crippen LogP contribution in [0.25, 0.3) is 10.8 Å². The Bertz CT molecular complexity index is 871. The first-order valence-corrected chi connectivity index (χ1v) is 8.27. The zero-order valence-electron chi connectivity index (χ0n) is 12.4. The van der Waals surface area contributed by atoms with Gasteiger partial charge in [0.05, 0.1) is 5.56 Å². The van der Waals surface area contributed by atoms with Crippen molar-refractivity contribution in [2.24, 2.45) is 0 Å². The molecule has 9 heteroatoms. The molecule has 1 N–H and O–H groups in total. The summed E-state index contributed by atoms with van der Waals surface area (Å²) >= 11 is 0. The molecule has 2 rings (SSSR count). The minimum absolute atomic E-state index is 0.140. The summed E-state index contributed by atoms with van der Waals surface area (Å²) in [6.07, 6.45) is -5.19. The Morgan fingerprint density at radius 3 is 2.29 bits per heavy atom. The Balaban J connectivity index is 2.44. The number of hydrogen-bond donors (Lipinski definition) is 1. The summed E-state index contributed by atoms with van der Waals surface area (Å²) in [5, 5.41) is 0.969. The van der Waals surface area contributed by atoms with Crippen LogP contribution in [0.5, 0.6) is 0 Å². The summed E-state index contributed by atoms with van der Waals surface area (Å²) < 4.78 is 74.5. The molecule has 1 unspecified atom stereocenters. The van der Waals surface area contributed by atoms with Gasteiger partial charge in [-0.25, -0.2) is 4.79 Å². The highest BCUT2D eigenvalue weighted by atomic mass is 32.2. The average Bonchev–Trinajstić information content (AvgIpc) is 2.43. The van der Waals surface area contributed by atoms with Crippen molar-refractivity contribution in [2.45, 2.75) is 18.7 Å². The van der Waals surface area contributed by atoms with Gasteiger partial charge in [0, 0.05) is 0 Å². The standard InChI is InChI=1S/C15H13F3O5S/c1-14(15(16,17)18,9-24(20,21)22)23-13(19)12-8-4-6-10-5-2-3-7-11(10)12/h2-8H,9H2,1H3,(H,20,21,22). The predicted molar refractivity (Wildman–Crippen MR) is 80.2 cm³/mol. The van der Waals surface area contributed by atoms with Gasteiger partial charge in [-0.15, -0.1) is 0 Å². The van der Waals surface area contributed by atoms with Crippen molar-refractivity contribution >= 4 is 26.9 Å². The zero-order valence-corrected chi connectivity index (χ0v) is 13.2. The first-order valence-electron chi connectivity index (χ1n) is 6.66. The molecule has 0 saturated carbocycles. The van der Waals surface area contributed by atoms with Gasteiger partial charge in [0.25, 0.3) is 10.1 Å². The van der Waals surface area contributed by atoms with Gasteiger partial charge in [-0.2, -0.15) is 21.6 Å². The maximum Gasteiger partial charge on any atom is 0.429 e. The van der Waals surface area contributed by atoms with E-state index in [2.05, 4.69) is 4.74 Å². The van der Waals surface area contributed by atoms with Gasteiger partial charge >= 0.3 is 12.1 Å². The number of ether oxygens (including phenoxy) is 1. The van der Waals surface area contributed by atoms with E-state index in [-0.39, 0.29) is 5.56 Å². The van der Waals surface area contributed by atoms with Gasteiger partial charge in [-0.3, -0.25) is 4.55 Å². The Hall–Kier alpha value is -2.13. The van der Waals surface area contributed by atoms with Gasteiger partial charge in [0.2, 0.25) is 5.60 Å². The summed E-state index contributed by atoms with van der Waals surface area (Å²) in [6, 6.07) is 10.9. The van der Waals surface area contributed by atoms with Crippen LogP contribution in [0.4, 0.5) is 13.2 Å². The maximum absolute atomic E-state index is 13.2. The summed E-state index contributed by atoms with van der Waals surface area (Å²) in [6.45, 7) is 0.393. The fourth-order valence-electron chi connectivity index (χ4n) is 2.18. The number of benzene rings is 2. The van der Waals surface area contributed by atoms with Gasteiger partial charge in [0.15, 0.2) is 0 Å². The van der Waals surface area contributed by atoms with Crippen molar-refractivity contribution in [1.82, 2.24) is 0 Å². The minimum atomic E-state index is -5.19. The molecular formula is C15H13F3O5S. The smallest absolute Gasteiger partial charge is 0.429 e. The van der Waals surface area contributed by atoms with E-state index in [0.717, 1.165) is 0 Å². The second kappa shape index (κ2) is 6.06. The van der Waals surface area contributed by atoms with Crippen molar-refractivity contribution in [3.05, 3.63) is 48.0 Å². The topological polar surface area (TPSA) is 80.7 Å². The molecule has 24 heavy (non-hydrogen) atoms. The van der Waals surface area contributed by atoms with E-state index in [1.165, 1.54) is 18.2 Å². The molecule has 0 radical (unpaired) electrons. The molecule has 0 aliphatic heterocycles. The molecule has 0 aliphatic rings. The fourth-order valence-corrected chi connectivity index (χ4v) is 3.10. The average molecular weight is 362 g/mol. The first kappa shape index (κ1) is 18.2. The third-order valence-corrected chi connectivity index (χ3v) is 4.30. The van der Waals surface area contributed by atoms with E-state index < -0.39 is 33.6 Å². The van der Waals surface area contributed by atoms with Gasteiger partial charge in [-0.1, -0.05) is 36.4 Å². The lowest BCUT2D eigenvalue weighted by atomic mass is 10.0. The molecule has 2 aromatic carbocycles. The molecule has 130 valence electrons. The highest BCUT2D eigenvalue weighted by Crippen LogP contribution is 2.35. The van der Waals surface area contributed by atoms with Crippen LogP contribution in [-0.4, -0.2) is 36.5 Å². The summed E-state index contributed by atoms with van der Waals surface area (Å²) in [5.74, 6) is -3.13. The van der Waals surface area contributed by atoms with Crippen LogP contribution in [0.1, 0.15) is 17.3 Å². The van der Waals surface area contributed by atoms with Crippen LogP contribution in [0, 0.1) is 0 Å². The van der Waals surface area contributed by atoms with Crippen molar-refractivity contribution in [3.8, 4) is 0 Å². The molecule has 5 nitrogen and oxygen atoms in total. The lowest BCUT2D eigenvalue weighted by Crippen LogP contribution is -2.51. The van der Waals surface area contributed by atoms with Crippen molar-refractivity contribution in [2.75, 3.05) is 5.75 Å². The summed E-state index contributed by atoms with van der Waals surface area (Å²) in [5.41, 5.74) is -3.52. The highest BCUT2D eigenvalue weighted by Gasteiger charge is 2.57. The Kier molecular flexibility index (Phi) is 4.60. The third kappa shape index (κ3) is 3.85. The molecule has 0 saturated heterocycles. The van der Waals surface area contributed by atoms with Gasteiger partial charge in [0.1, 0.15) is 5.75 Å². The lowest BCUT2D eigenvalue weighted by molar-refractivity contribution is -0.243. The number of rotatable bonds is 4. The number of carbonyl (C=O) groups excluding carboxylic acids is 1. The number of esters is 1. The summed E-state index contributed by atoms with van der Waals surface area (Å²) in [7, 11) is -5.03. The molecule has 0 aromatic heterocycles. The molecular weight excluding hydrogens is 349 g/mol. The quantitative estimate of drug-likeness (QED) is 0.667. The predicted octanol–water partition coefficient (Wildman–Crippen LogP) is 3.21. The number of fused-ring (bicyclic) bond motifs is 1. The molecule has 0 aliphatic carbocycles. The van der Waals surface area contributed by atoms with Gasteiger partial charge in [-0.05, 0) is 23.8 Å². The van der Waals surface area contributed by atoms with Crippen LogP contribution >= 0.6 is 0 Å². The number of hydrogen-bond acceptors (Lipinski definition) is 4. The Morgan fingerprint density at radius 1 is 1.12 bits per heavy atom. The second-order valence-corrected chi connectivity index (χ2v) is 6.82. The monoisotopic (exact) mass is 362 g/mol. The number of halogens is 3. The molecule has 1 atom stereocenters. The van der Waals surface area contributed by atoms with Crippen LogP contribution in [0.3, 0.4) is 0 Å².